The highest BCUT2D eigenvalue weighted by Gasteiger charge is 2.23. The highest BCUT2D eigenvalue weighted by atomic mass is 32.2. The Balaban J connectivity index is 1.62. The first-order valence-electron chi connectivity index (χ1n) is 8.37. The minimum absolute atomic E-state index is 0.129. The third-order valence-corrected chi connectivity index (χ3v) is 5.25. The minimum Gasteiger partial charge on any atom is -0.374 e. The fourth-order valence-corrected chi connectivity index (χ4v) is 3.43. The van der Waals surface area contributed by atoms with Crippen molar-refractivity contribution in [2.45, 2.75) is 24.0 Å². The molecule has 1 aliphatic heterocycles. The molecule has 2 aromatic rings. The van der Waals surface area contributed by atoms with Gasteiger partial charge in [-0.3, -0.25) is 4.68 Å². The van der Waals surface area contributed by atoms with Crippen LogP contribution in [-0.2, 0) is 21.1 Å². The van der Waals surface area contributed by atoms with Gasteiger partial charge in [0.1, 0.15) is 0 Å². The van der Waals surface area contributed by atoms with E-state index < -0.39 is 9.84 Å². The maximum absolute atomic E-state index is 12.6. The molecule has 0 radical (unpaired) electrons. The lowest BCUT2D eigenvalue weighted by Crippen LogP contribution is -2.41. The van der Waals surface area contributed by atoms with E-state index in [0.29, 0.717) is 31.9 Å². The Kier molecular flexibility index (Phi) is 5.58. The predicted octanol–water partition coefficient (Wildman–Crippen LogP) is 1.61. The number of benzene rings is 1. The predicted molar refractivity (Wildman–Crippen MR) is 96.7 cm³/mol. The van der Waals surface area contributed by atoms with Crippen LogP contribution in [-0.4, -0.2) is 61.2 Å². The number of hydrogen-bond donors (Lipinski definition) is 1. The van der Waals surface area contributed by atoms with E-state index >= 15 is 0 Å². The molecule has 1 N–H and O–H groups in total. The fraction of sp³-hybridized carbons (Fsp3) is 0.412. The summed E-state index contributed by atoms with van der Waals surface area (Å²) in [6.45, 7) is 2.24. The lowest BCUT2D eigenvalue weighted by molar-refractivity contribution is 0.0442. The number of nitrogens with one attached hydrogen (secondary N) is 1. The van der Waals surface area contributed by atoms with Crippen molar-refractivity contribution >= 4 is 21.6 Å². The lowest BCUT2D eigenvalue weighted by atomic mass is 10.3. The number of hydrogen-bond acceptors (Lipinski definition) is 5. The van der Waals surface area contributed by atoms with Crippen molar-refractivity contribution in [1.29, 1.82) is 0 Å². The second-order valence-electron chi connectivity index (χ2n) is 6.25. The zero-order valence-corrected chi connectivity index (χ0v) is 15.4. The van der Waals surface area contributed by atoms with Gasteiger partial charge in [-0.2, -0.15) is 5.10 Å². The van der Waals surface area contributed by atoms with Gasteiger partial charge in [-0.05, 0) is 36.8 Å². The molecule has 2 amide bonds. The van der Waals surface area contributed by atoms with Gasteiger partial charge in [-0.25, -0.2) is 13.2 Å². The highest BCUT2D eigenvalue weighted by molar-refractivity contribution is 7.90. The summed E-state index contributed by atoms with van der Waals surface area (Å²) in [5, 5.41) is 6.99. The normalized spacial score (nSPS) is 18.3. The van der Waals surface area contributed by atoms with E-state index in [0.717, 1.165) is 12.7 Å². The van der Waals surface area contributed by atoms with Crippen LogP contribution in [0.4, 0.5) is 10.5 Å². The molecule has 8 nitrogen and oxygen atoms in total. The molecule has 1 atom stereocenters. The molecular formula is C17H22N4O4S. The van der Waals surface area contributed by atoms with Gasteiger partial charge in [-0.15, -0.1) is 0 Å². The Bertz CT molecular complexity index is 834. The van der Waals surface area contributed by atoms with Crippen LogP contribution < -0.4 is 5.32 Å². The van der Waals surface area contributed by atoms with E-state index in [-0.39, 0.29) is 17.0 Å². The van der Waals surface area contributed by atoms with E-state index in [2.05, 4.69) is 10.4 Å². The SMILES string of the molecule is CS(=O)(=O)c1ccc(NC(=O)N2CCCOC(Cn3cccn3)C2)cc1. The van der Waals surface area contributed by atoms with Crippen LogP contribution >= 0.6 is 0 Å². The molecule has 1 aromatic carbocycles. The lowest BCUT2D eigenvalue weighted by Gasteiger charge is -2.24. The Morgan fingerprint density at radius 3 is 2.77 bits per heavy atom. The van der Waals surface area contributed by atoms with Crippen molar-refractivity contribution in [1.82, 2.24) is 14.7 Å². The Morgan fingerprint density at radius 2 is 2.12 bits per heavy atom. The standard InChI is InChI=1S/C17H22N4O4S/c1-26(23,24)16-6-4-14(5-7-16)19-17(22)20-9-3-11-25-15(12-20)13-21-10-2-8-18-21/h2,4-8,10,15H,3,9,11-13H2,1H3,(H,19,22). The summed E-state index contributed by atoms with van der Waals surface area (Å²) in [6, 6.07) is 7.76. The van der Waals surface area contributed by atoms with Crippen LogP contribution in [0.2, 0.25) is 0 Å². The van der Waals surface area contributed by atoms with Gasteiger partial charge in [0, 0.05) is 37.5 Å². The summed E-state index contributed by atoms with van der Waals surface area (Å²) in [5.41, 5.74) is 0.552. The van der Waals surface area contributed by atoms with Gasteiger partial charge in [0.05, 0.1) is 24.1 Å². The first kappa shape index (κ1) is 18.4. The zero-order valence-electron chi connectivity index (χ0n) is 14.5. The maximum atomic E-state index is 12.6. The first-order valence-corrected chi connectivity index (χ1v) is 10.3. The molecule has 0 spiro atoms. The van der Waals surface area contributed by atoms with Gasteiger partial charge in [0.25, 0.3) is 0 Å². The molecule has 2 heterocycles. The van der Waals surface area contributed by atoms with Crippen molar-refractivity contribution in [2.75, 3.05) is 31.3 Å². The van der Waals surface area contributed by atoms with Crippen molar-refractivity contribution in [2.24, 2.45) is 0 Å². The van der Waals surface area contributed by atoms with Crippen LogP contribution in [0, 0.1) is 0 Å². The molecule has 1 aromatic heterocycles. The highest BCUT2D eigenvalue weighted by Crippen LogP contribution is 2.15. The van der Waals surface area contributed by atoms with E-state index in [9.17, 15) is 13.2 Å². The monoisotopic (exact) mass is 378 g/mol. The van der Waals surface area contributed by atoms with Gasteiger partial charge in [0.2, 0.25) is 0 Å². The second kappa shape index (κ2) is 7.88. The number of urea groups is 1. The first-order chi connectivity index (χ1) is 12.4. The zero-order chi connectivity index (χ0) is 18.6. The van der Waals surface area contributed by atoms with Crippen molar-refractivity contribution in [3.8, 4) is 0 Å². The molecule has 0 saturated carbocycles. The summed E-state index contributed by atoms with van der Waals surface area (Å²) in [6.07, 6.45) is 5.35. The van der Waals surface area contributed by atoms with Crippen LogP contribution in [0.15, 0.2) is 47.6 Å². The molecular weight excluding hydrogens is 356 g/mol. The number of carbonyl (C=O) groups excluding carboxylic acids is 1. The van der Waals surface area contributed by atoms with E-state index in [1.807, 2.05) is 12.3 Å². The quantitative estimate of drug-likeness (QED) is 0.872. The van der Waals surface area contributed by atoms with Crippen molar-refractivity contribution in [3.63, 3.8) is 0 Å². The third-order valence-electron chi connectivity index (χ3n) is 4.12. The number of nitrogens with zero attached hydrogens (tertiary/aromatic N) is 3. The number of anilines is 1. The summed E-state index contributed by atoms with van der Waals surface area (Å²) in [7, 11) is -3.25. The Morgan fingerprint density at radius 1 is 1.35 bits per heavy atom. The van der Waals surface area contributed by atoms with Gasteiger partial charge in [0.15, 0.2) is 9.84 Å². The molecule has 140 valence electrons. The van der Waals surface area contributed by atoms with Crippen molar-refractivity contribution in [3.05, 3.63) is 42.7 Å². The Hall–Kier alpha value is -2.39. The van der Waals surface area contributed by atoms with E-state index in [4.69, 9.17) is 4.74 Å². The number of ether oxygens (including phenoxy) is 1. The second-order valence-corrected chi connectivity index (χ2v) is 8.26. The molecule has 1 fully saturated rings. The van der Waals surface area contributed by atoms with Crippen LogP contribution in [0.1, 0.15) is 6.42 Å². The number of amides is 2. The topological polar surface area (TPSA) is 93.5 Å². The Labute approximate surface area is 152 Å². The summed E-state index contributed by atoms with van der Waals surface area (Å²) < 4.78 is 30.6. The van der Waals surface area contributed by atoms with E-state index in [1.165, 1.54) is 12.1 Å². The smallest absolute Gasteiger partial charge is 0.321 e. The van der Waals surface area contributed by atoms with Crippen LogP contribution in [0.5, 0.6) is 0 Å². The molecule has 1 unspecified atom stereocenters. The molecule has 26 heavy (non-hydrogen) atoms. The average molecular weight is 378 g/mol. The average Bonchev–Trinajstić information content (AvgIpc) is 2.98. The van der Waals surface area contributed by atoms with Crippen molar-refractivity contribution < 1.29 is 17.9 Å². The van der Waals surface area contributed by atoms with Crippen LogP contribution in [0.3, 0.4) is 0 Å². The van der Waals surface area contributed by atoms with Gasteiger partial charge < -0.3 is 15.0 Å². The van der Waals surface area contributed by atoms with Gasteiger partial charge in [-0.1, -0.05) is 0 Å². The minimum atomic E-state index is -3.25. The summed E-state index contributed by atoms with van der Waals surface area (Å²) in [4.78, 5) is 14.5. The fourth-order valence-electron chi connectivity index (χ4n) is 2.80. The molecule has 1 saturated heterocycles. The number of aromatic nitrogens is 2. The molecule has 9 heteroatoms. The summed E-state index contributed by atoms with van der Waals surface area (Å²) in [5.74, 6) is 0. The number of sulfone groups is 1. The van der Waals surface area contributed by atoms with Gasteiger partial charge >= 0.3 is 6.03 Å². The molecule has 0 bridgehead atoms. The largest absolute Gasteiger partial charge is 0.374 e. The number of carbonyl (C=O) groups is 1. The van der Waals surface area contributed by atoms with E-state index in [1.54, 1.807) is 27.9 Å². The molecule has 1 aliphatic rings. The molecule has 0 aliphatic carbocycles. The van der Waals surface area contributed by atoms with Crippen LogP contribution in [0.25, 0.3) is 0 Å². The maximum Gasteiger partial charge on any atom is 0.321 e. The number of rotatable bonds is 4. The summed E-state index contributed by atoms with van der Waals surface area (Å²) >= 11 is 0. The molecule has 3 rings (SSSR count). The third kappa shape index (κ3) is 4.83.